The van der Waals surface area contributed by atoms with Crippen molar-refractivity contribution in [2.75, 3.05) is 32.4 Å². The molecular weight excluding hydrogens is 499 g/mol. The van der Waals surface area contributed by atoms with E-state index in [1.807, 2.05) is 6.07 Å². The van der Waals surface area contributed by atoms with Crippen LogP contribution >= 0.6 is 23.2 Å². The van der Waals surface area contributed by atoms with Gasteiger partial charge in [-0.1, -0.05) is 23.2 Å². The SMILES string of the molecule is CS(=O)(=O)NCC1CNCCN1S(=O)(=O)c1cc(C#N)ccc1Oc1cc(Cl)cc(Cl)c1. The van der Waals surface area contributed by atoms with Crippen LogP contribution in [0.3, 0.4) is 0 Å². The topological polar surface area (TPSA) is 129 Å². The van der Waals surface area contributed by atoms with Gasteiger partial charge in [-0.25, -0.2) is 21.6 Å². The maximum absolute atomic E-state index is 13.6. The van der Waals surface area contributed by atoms with E-state index in [2.05, 4.69) is 10.0 Å². The number of nitriles is 1. The van der Waals surface area contributed by atoms with E-state index < -0.39 is 26.1 Å². The number of hydrogen-bond acceptors (Lipinski definition) is 7. The molecule has 1 aliphatic rings. The molecule has 1 aliphatic heterocycles. The number of piperazine rings is 1. The third-order valence-corrected chi connectivity index (χ3v) is 7.70. The third kappa shape index (κ3) is 6.11. The predicted octanol–water partition coefficient (Wildman–Crippen LogP) is 2.17. The van der Waals surface area contributed by atoms with E-state index >= 15 is 0 Å². The van der Waals surface area contributed by atoms with Crippen molar-refractivity contribution in [1.29, 1.82) is 5.26 Å². The van der Waals surface area contributed by atoms with Crippen LogP contribution in [0.2, 0.25) is 10.0 Å². The van der Waals surface area contributed by atoms with Crippen molar-refractivity contribution in [2.45, 2.75) is 10.9 Å². The molecule has 2 aromatic rings. The van der Waals surface area contributed by atoms with Crippen LogP contribution in [0.5, 0.6) is 11.5 Å². The molecule has 0 saturated carbocycles. The van der Waals surface area contributed by atoms with Gasteiger partial charge in [-0.15, -0.1) is 0 Å². The molecule has 1 heterocycles. The molecule has 1 saturated heterocycles. The Balaban J connectivity index is 2.02. The zero-order valence-corrected chi connectivity index (χ0v) is 20.0. The van der Waals surface area contributed by atoms with Crippen LogP contribution in [0.25, 0.3) is 0 Å². The van der Waals surface area contributed by atoms with Gasteiger partial charge in [-0.2, -0.15) is 9.57 Å². The van der Waals surface area contributed by atoms with Crippen LogP contribution in [0.1, 0.15) is 5.56 Å². The van der Waals surface area contributed by atoms with Gasteiger partial charge in [0, 0.05) is 36.2 Å². The number of nitrogens with one attached hydrogen (secondary N) is 2. The summed E-state index contributed by atoms with van der Waals surface area (Å²) in [6.45, 7) is 0.632. The Kier molecular flexibility index (Phi) is 7.67. The Morgan fingerprint density at radius 1 is 1.19 bits per heavy atom. The highest BCUT2D eigenvalue weighted by atomic mass is 35.5. The number of nitrogens with zero attached hydrogens (tertiary/aromatic N) is 2. The monoisotopic (exact) mass is 518 g/mol. The molecule has 1 atom stereocenters. The summed E-state index contributed by atoms with van der Waals surface area (Å²) < 4.78 is 59.6. The number of ether oxygens (including phenoxy) is 1. The molecular formula is C19H20Cl2N4O5S2. The van der Waals surface area contributed by atoms with E-state index in [1.54, 1.807) is 0 Å². The van der Waals surface area contributed by atoms with E-state index in [1.165, 1.54) is 40.7 Å². The number of rotatable bonds is 7. The van der Waals surface area contributed by atoms with Crippen molar-refractivity contribution < 1.29 is 21.6 Å². The molecule has 0 bridgehead atoms. The van der Waals surface area contributed by atoms with Crippen molar-refractivity contribution in [3.8, 4) is 17.6 Å². The largest absolute Gasteiger partial charge is 0.456 e. The van der Waals surface area contributed by atoms with Gasteiger partial charge >= 0.3 is 0 Å². The first-order chi connectivity index (χ1) is 15.0. The summed E-state index contributed by atoms with van der Waals surface area (Å²) in [6, 6.07) is 9.74. The van der Waals surface area contributed by atoms with Crippen LogP contribution in [0.4, 0.5) is 0 Å². The summed E-state index contributed by atoms with van der Waals surface area (Å²) in [7, 11) is -7.68. The van der Waals surface area contributed by atoms with Crippen molar-refractivity contribution in [1.82, 2.24) is 14.3 Å². The first kappa shape index (κ1) is 24.7. The van der Waals surface area contributed by atoms with Gasteiger partial charge in [-0.3, -0.25) is 0 Å². The number of hydrogen-bond donors (Lipinski definition) is 2. The lowest BCUT2D eigenvalue weighted by Crippen LogP contribution is -2.57. The van der Waals surface area contributed by atoms with Gasteiger partial charge in [0.1, 0.15) is 16.4 Å². The third-order valence-electron chi connectivity index (χ3n) is 4.60. The molecule has 1 fully saturated rings. The lowest BCUT2D eigenvalue weighted by molar-refractivity contribution is 0.267. The van der Waals surface area contributed by atoms with Gasteiger partial charge in [-0.05, 0) is 36.4 Å². The molecule has 9 nitrogen and oxygen atoms in total. The fourth-order valence-corrected chi connectivity index (χ4v) is 5.95. The maximum Gasteiger partial charge on any atom is 0.247 e. The highest BCUT2D eigenvalue weighted by Crippen LogP contribution is 2.34. The molecule has 0 spiro atoms. The van der Waals surface area contributed by atoms with Gasteiger partial charge in [0.2, 0.25) is 20.0 Å². The van der Waals surface area contributed by atoms with E-state index in [4.69, 9.17) is 27.9 Å². The summed E-state index contributed by atoms with van der Waals surface area (Å²) >= 11 is 12.0. The summed E-state index contributed by atoms with van der Waals surface area (Å²) in [4.78, 5) is -0.223. The standard InChI is InChI=1S/C19H20Cl2N4O5S2/c1-31(26,27)24-12-16-11-23-4-5-25(16)32(28,29)19-6-13(10-22)2-3-18(19)30-17-8-14(20)7-15(21)9-17/h2-3,6-9,16,23-24H,4-5,11-12H2,1H3. The summed E-state index contributed by atoms with van der Waals surface area (Å²) in [5.41, 5.74) is 0.126. The quantitative estimate of drug-likeness (QED) is 0.574. The Morgan fingerprint density at radius 3 is 2.50 bits per heavy atom. The Morgan fingerprint density at radius 2 is 1.88 bits per heavy atom. The second-order valence-electron chi connectivity index (χ2n) is 7.07. The lowest BCUT2D eigenvalue weighted by Gasteiger charge is -2.35. The first-order valence-corrected chi connectivity index (χ1v) is 13.4. The summed E-state index contributed by atoms with van der Waals surface area (Å²) in [6.07, 6.45) is 1.00. The van der Waals surface area contributed by atoms with Crippen LogP contribution in [-0.2, 0) is 20.0 Å². The number of halogens is 2. The molecule has 2 aromatic carbocycles. The number of benzene rings is 2. The van der Waals surface area contributed by atoms with Crippen molar-refractivity contribution in [3.63, 3.8) is 0 Å². The fraction of sp³-hybridized carbons (Fsp3) is 0.316. The predicted molar refractivity (Wildman–Crippen MR) is 121 cm³/mol. The minimum atomic E-state index is -4.17. The van der Waals surface area contributed by atoms with E-state index in [0.717, 1.165) is 6.26 Å². The second kappa shape index (κ2) is 9.93. The van der Waals surface area contributed by atoms with E-state index in [0.29, 0.717) is 16.6 Å². The molecule has 1 unspecified atom stereocenters. The molecule has 172 valence electrons. The average molecular weight is 519 g/mol. The molecule has 32 heavy (non-hydrogen) atoms. The highest BCUT2D eigenvalue weighted by molar-refractivity contribution is 7.89. The van der Waals surface area contributed by atoms with E-state index in [-0.39, 0.29) is 41.6 Å². The normalized spacial score (nSPS) is 17.6. The van der Waals surface area contributed by atoms with Crippen molar-refractivity contribution >= 4 is 43.2 Å². The Bertz CT molecular complexity index is 1240. The lowest BCUT2D eigenvalue weighted by atomic mass is 10.2. The molecule has 0 aromatic heterocycles. The summed E-state index contributed by atoms with van der Waals surface area (Å²) in [5.74, 6) is 0.204. The maximum atomic E-state index is 13.6. The Labute approximate surface area is 197 Å². The Hall–Kier alpha value is -1.91. The summed E-state index contributed by atoms with van der Waals surface area (Å²) in [5, 5.41) is 13.0. The van der Waals surface area contributed by atoms with Gasteiger partial charge in [0.15, 0.2) is 0 Å². The molecule has 0 aliphatic carbocycles. The number of sulfonamides is 2. The zero-order valence-electron chi connectivity index (χ0n) is 16.9. The van der Waals surface area contributed by atoms with Gasteiger partial charge in [0.25, 0.3) is 0 Å². The molecule has 0 radical (unpaired) electrons. The molecule has 2 N–H and O–H groups in total. The highest BCUT2D eigenvalue weighted by Gasteiger charge is 2.36. The molecule has 13 heteroatoms. The molecule has 3 rings (SSSR count). The second-order valence-corrected chi connectivity index (χ2v) is 11.6. The van der Waals surface area contributed by atoms with E-state index in [9.17, 15) is 22.1 Å². The van der Waals surface area contributed by atoms with Crippen molar-refractivity contribution in [3.05, 3.63) is 52.0 Å². The van der Waals surface area contributed by atoms with Gasteiger partial charge in [0.05, 0.1) is 23.9 Å². The van der Waals surface area contributed by atoms with Crippen LogP contribution in [0, 0.1) is 11.3 Å². The first-order valence-electron chi connectivity index (χ1n) is 9.35. The minimum absolute atomic E-state index is 0.0179. The van der Waals surface area contributed by atoms with Crippen LogP contribution in [0.15, 0.2) is 41.3 Å². The smallest absolute Gasteiger partial charge is 0.247 e. The van der Waals surface area contributed by atoms with Gasteiger partial charge < -0.3 is 10.1 Å². The zero-order chi connectivity index (χ0) is 23.5. The fourth-order valence-electron chi connectivity index (χ4n) is 3.18. The average Bonchev–Trinajstić information content (AvgIpc) is 2.71. The molecule has 0 amide bonds. The van der Waals surface area contributed by atoms with Crippen molar-refractivity contribution in [2.24, 2.45) is 0 Å². The minimum Gasteiger partial charge on any atom is -0.456 e. The van der Waals surface area contributed by atoms with Crippen LogP contribution < -0.4 is 14.8 Å². The van der Waals surface area contributed by atoms with Crippen LogP contribution in [-0.4, -0.2) is 59.6 Å².